The molecule has 0 saturated carbocycles. The minimum Gasteiger partial charge on any atom is -0.344 e. The first-order valence-electron chi connectivity index (χ1n) is 15.4. The summed E-state index contributed by atoms with van der Waals surface area (Å²) in [6.45, 7) is 2.13. The molecule has 8 rings (SSSR count). The molecule has 1 aliphatic heterocycles. The number of rotatable bonds is 5. The standard InChI is InChI=1S/C42H31N3/c1-28-20-22-29(23-21-28)33-24-34(39-27-32-16-8-9-17-36(32)37-18-10-11-19-38(37)39)26-35(25-33)42-44-40(30-12-4-2-5-13-30)43-41(45-42)31-14-6-3-7-15-31/h2-27,40H,1H3,(H,43,44,45). The molecule has 0 radical (unpaired) electrons. The fourth-order valence-corrected chi connectivity index (χ4v) is 6.24. The van der Waals surface area contributed by atoms with Gasteiger partial charge in [-0.2, -0.15) is 0 Å². The van der Waals surface area contributed by atoms with Crippen LogP contribution in [0.2, 0.25) is 0 Å². The van der Waals surface area contributed by atoms with Crippen LogP contribution in [0.5, 0.6) is 0 Å². The molecule has 0 aromatic heterocycles. The van der Waals surface area contributed by atoms with E-state index in [9.17, 15) is 0 Å². The average molecular weight is 578 g/mol. The number of nitrogens with zero attached hydrogens (tertiary/aromatic N) is 2. The highest BCUT2D eigenvalue weighted by Gasteiger charge is 2.22. The van der Waals surface area contributed by atoms with Gasteiger partial charge in [0.15, 0.2) is 5.84 Å². The molecule has 1 heterocycles. The predicted molar refractivity (Wildman–Crippen MR) is 189 cm³/mol. The Labute approximate surface area is 263 Å². The van der Waals surface area contributed by atoms with E-state index in [0.717, 1.165) is 39.5 Å². The summed E-state index contributed by atoms with van der Waals surface area (Å²) in [5, 5.41) is 8.66. The highest BCUT2D eigenvalue weighted by molar-refractivity contribution is 6.16. The van der Waals surface area contributed by atoms with Crippen LogP contribution in [0.25, 0.3) is 43.8 Å². The van der Waals surface area contributed by atoms with Gasteiger partial charge in [0, 0.05) is 11.1 Å². The highest BCUT2D eigenvalue weighted by atomic mass is 15.2. The summed E-state index contributed by atoms with van der Waals surface area (Å²) in [4.78, 5) is 10.2. The molecule has 3 nitrogen and oxygen atoms in total. The molecule has 1 atom stereocenters. The zero-order chi connectivity index (χ0) is 30.2. The highest BCUT2D eigenvalue weighted by Crippen LogP contribution is 2.37. The third kappa shape index (κ3) is 5.19. The van der Waals surface area contributed by atoms with Gasteiger partial charge in [0.2, 0.25) is 0 Å². The van der Waals surface area contributed by atoms with E-state index >= 15 is 0 Å². The molecule has 1 unspecified atom stereocenters. The molecule has 3 heteroatoms. The summed E-state index contributed by atoms with van der Waals surface area (Å²) < 4.78 is 0. The monoisotopic (exact) mass is 577 g/mol. The van der Waals surface area contributed by atoms with Gasteiger partial charge in [-0.1, -0.05) is 139 Å². The molecule has 0 fully saturated rings. The van der Waals surface area contributed by atoms with Gasteiger partial charge in [-0.15, -0.1) is 0 Å². The van der Waals surface area contributed by atoms with Crippen molar-refractivity contribution in [3.63, 3.8) is 0 Å². The third-order valence-electron chi connectivity index (χ3n) is 8.56. The van der Waals surface area contributed by atoms with E-state index in [1.165, 1.54) is 38.2 Å². The third-order valence-corrected chi connectivity index (χ3v) is 8.56. The van der Waals surface area contributed by atoms with Crippen molar-refractivity contribution in [2.24, 2.45) is 9.98 Å². The Morgan fingerprint density at radius 3 is 1.89 bits per heavy atom. The van der Waals surface area contributed by atoms with Crippen molar-refractivity contribution in [2.75, 3.05) is 0 Å². The maximum absolute atomic E-state index is 5.15. The quantitative estimate of drug-likeness (QED) is 0.203. The molecule has 1 N–H and O–H groups in total. The number of aryl methyl sites for hydroxylation is 1. The first-order valence-corrected chi connectivity index (χ1v) is 15.4. The van der Waals surface area contributed by atoms with E-state index in [2.05, 4.69) is 146 Å². The van der Waals surface area contributed by atoms with Gasteiger partial charge in [-0.3, -0.25) is 0 Å². The van der Waals surface area contributed by atoms with Gasteiger partial charge >= 0.3 is 0 Å². The number of aliphatic imine (C=N–C) groups is 2. The largest absolute Gasteiger partial charge is 0.344 e. The van der Waals surface area contributed by atoms with E-state index in [0.29, 0.717) is 0 Å². The van der Waals surface area contributed by atoms with Crippen molar-refractivity contribution < 1.29 is 0 Å². The lowest BCUT2D eigenvalue weighted by molar-refractivity contribution is 0.674. The van der Waals surface area contributed by atoms with Gasteiger partial charge < -0.3 is 5.32 Å². The Bertz CT molecular complexity index is 2230. The Morgan fingerprint density at radius 2 is 1.11 bits per heavy atom. The van der Waals surface area contributed by atoms with Crippen LogP contribution in [0.15, 0.2) is 168 Å². The van der Waals surface area contributed by atoms with Gasteiger partial charge in [-0.05, 0) is 80.6 Å². The summed E-state index contributed by atoms with van der Waals surface area (Å²) in [6, 6.07) is 55.9. The number of fused-ring (bicyclic) bond motifs is 3. The zero-order valence-electron chi connectivity index (χ0n) is 25.0. The second kappa shape index (κ2) is 11.4. The van der Waals surface area contributed by atoms with Crippen LogP contribution in [0.1, 0.15) is 28.4 Å². The molecule has 45 heavy (non-hydrogen) atoms. The number of hydrogen-bond acceptors (Lipinski definition) is 3. The summed E-state index contributed by atoms with van der Waals surface area (Å²) in [7, 11) is 0. The van der Waals surface area contributed by atoms with Crippen molar-refractivity contribution in [2.45, 2.75) is 13.1 Å². The van der Waals surface area contributed by atoms with Crippen LogP contribution < -0.4 is 5.32 Å². The van der Waals surface area contributed by atoms with E-state index in [1.54, 1.807) is 0 Å². The lowest BCUT2D eigenvalue weighted by Gasteiger charge is -2.24. The maximum atomic E-state index is 5.15. The summed E-state index contributed by atoms with van der Waals surface area (Å²) >= 11 is 0. The smallest absolute Gasteiger partial charge is 0.159 e. The topological polar surface area (TPSA) is 36.8 Å². The van der Waals surface area contributed by atoms with Crippen LogP contribution >= 0.6 is 0 Å². The van der Waals surface area contributed by atoms with Crippen LogP contribution in [0, 0.1) is 6.92 Å². The van der Waals surface area contributed by atoms with Gasteiger partial charge in [0.1, 0.15) is 12.0 Å². The maximum Gasteiger partial charge on any atom is 0.159 e. The van der Waals surface area contributed by atoms with Crippen molar-refractivity contribution in [1.82, 2.24) is 5.32 Å². The lowest BCUT2D eigenvalue weighted by atomic mass is 9.90. The molecule has 0 spiro atoms. The Morgan fingerprint density at radius 1 is 0.489 bits per heavy atom. The van der Waals surface area contributed by atoms with Crippen LogP contribution in [0.3, 0.4) is 0 Å². The van der Waals surface area contributed by atoms with E-state index in [4.69, 9.17) is 9.98 Å². The molecule has 0 aliphatic carbocycles. The van der Waals surface area contributed by atoms with Gasteiger partial charge in [0.25, 0.3) is 0 Å². The number of hydrogen-bond donors (Lipinski definition) is 1. The lowest BCUT2D eigenvalue weighted by Crippen LogP contribution is -2.33. The van der Waals surface area contributed by atoms with Crippen molar-refractivity contribution >= 4 is 33.2 Å². The number of amidine groups is 2. The average Bonchev–Trinajstić information content (AvgIpc) is 3.12. The Kier molecular flexibility index (Phi) is 6.77. The van der Waals surface area contributed by atoms with Crippen LogP contribution in [0.4, 0.5) is 0 Å². The minimum absolute atomic E-state index is 0.262. The van der Waals surface area contributed by atoms with Crippen LogP contribution in [-0.4, -0.2) is 11.7 Å². The Balaban J connectivity index is 1.36. The molecule has 7 aromatic rings. The summed E-state index contributed by atoms with van der Waals surface area (Å²) in [5.74, 6) is 1.52. The van der Waals surface area contributed by atoms with E-state index in [-0.39, 0.29) is 6.17 Å². The summed E-state index contributed by atoms with van der Waals surface area (Å²) in [6.07, 6.45) is -0.262. The SMILES string of the molecule is Cc1ccc(-c2cc(C3=NC(c4ccccc4)=NC(c4ccccc4)N3)cc(-c3cc4ccccc4c4ccccc34)c2)cc1. The first kappa shape index (κ1) is 26.8. The van der Waals surface area contributed by atoms with E-state index in [1.807, 2.05) is 24.3 Å². The molecule has 0 saturated heterocycles. The second-order valence-corrected chi connectivity index (χ2v) is 11.6. The molecule has 0 amide bonds. The molecule has 1 aliphatic rings. The molecule has 0 bridgehead atoms. The summed E-state index contributed by atoms with van der Waals surface area (Å²) in [5.41, 5.74) is 9.00. The number of nitrogens with one attached hydrogen (secondary N) is 1. The van der Waals surface area contributed by atoms with Gasteiger partial charge in [0.05, 0.1) is 0 Å². The Hall–Kier alpha value is -5.80. The fourth-order valence-electron chi connectivity index (χ4n) is 6.24. The van der Waals surface area contributed by atoms with Crippen molar-refractivity contribution in [3.8, 4) is 22.3 Å². The van der Waals surface area contributed by atoms with Gasteiger partial charge in [-0.25, -0.2) is 9.98 Å². The second-order valence-electron chi connectivity index (χ2n) is 11.6. The normalized spacial score (nSPS) is 14.6. The molecule has 7 aromatic carbocycles. The fraction of sp³-hybridized carbons (Fsp3) is 0.0476. The molecule has 214 valence electrons. The van der Waals surface area contributed by atoms with Crippen molar-refractivity contribution in [3.05, 3.63) is 180 Å². The first-order chi connectivity index (χ1) is 22.2. The minimum atomic E-state index is -0.262. The molecular formula is C42H31N3. The molecular weight excluding hydrogens is 546 g/mol. The van der Waals surface area contributed by atoms with Crippen LogP contribution in [-0.2, 0) is 0 Å². The van der Waals surface area contributed by atoms with Crippen molar-refractivity contribution in [1.29, 1.82) is 0 Å². The number of benzene rings is 7. The zero-order valence-corrected chi connectivity index (χ0v) is 25.0. The predicted octanol–water partition coefficient (Wildman–Crippen LogP) is 10.1. The van der Waals surface area contributed by atoms with E-state index < -0.39 is 0 Å².